The van der Waals surface area contributed by atoms with E-state index in [2.05, 4.69) is 10.6 Å². The highest BCUT2D eigenvalue weighted by Gasteiger charge is 2.18. The molecule has 0 radical (unpaired) electrons. The fourth-order valence-corrected chi connectivity index (χ4v) is 4.32. The molecule has 7 heteroatoms. The van der Waals surface area contributed by atoms with Crippen molar-refractivity contribution in [3.8, 4) is 0 Å². The lowest BCUT2D eigenvalue weighted by atomic mass is 10.1. The van der Waals surface area contributed by atoms with E-state index in [0.717, 1.165) is 12.0 Å². The maximum atomic E-state index is 12.4. The Morgan fingerprint density at radius 3 is 2.00 bits per heavy atom. The van der Waals surface area contributed by atoms with Crippen LogP contribution >= 0.6 is 0 Å². The molecular weight excluding hydrogens is 412 g/mol. The van der Waals surface area contributed by atoms with Crippen molar-refractivity contribution in [2.75, 3.05) is 17.6 Å². The zero-order valence-corrected chi connectivity index (χ0v) is 17.8. The smallest absolute Gasteiger partial charge is 0.251 e. The summed E-state index contributed by atoms with van der Waals surface area (Å²) in [6.45, 7) is 0.509. The van der Waals surface area contributed by atoms with E-state index in [4.69, 9.17) is 0 Å². The van der Waals surface area contributed by atoms with Gasteiger partial charge in [-0.3, -0.25) is 9.59 Å². The van der Waals surface area contributed by atoms with Crippen molar-refractivity contribution in [1.82, 2.24) is 5.32 Å². The van der Waals surface area contributed by atoms with E-state index < -0.39 is 21.5 Å². The number of amides is 2. The molecule has 0 aliphatic carbocycles. The molecule has 0 fully saturated rings. The summed E-state index contributed by atoms with van der Waals surface area (Å²) in [4.78, 5) is 24.3. The highest BCUT2D eigenvalue weighted by Crippen LogP contribution is 2.11. The molecule has 3 aromatic rings. The Morgan fingerprint density at radius 1 is 0.742 bits per heavy atom. The van der Waals surface area contributed by atoms with Crippen molar-refractivity contribution < 1.29 is 18.0 Å². The van der Waals surface area contributed by atoms with Gasteiger partial charge in [-0.05, 0) is 41.8 Å². The third kappa shape index (κ3) is 7.38. The third-order valence-corrected chi connectivity index (χ3v) is 6.03. The van der Waals surface area contributed by atoms with E-state index in [0.29, 0.717) is 23.4 Å². The van der Waals surface area contributed by atoms with E-state index in [1.165, 1.54) is 0 Å². The summed E-state index contributed by atoms with van der Waals surface area (Å²) in [6.07, 6.45) is 0.730. The van der Waals surface area contributed by atoms with Crippen molar-refractivity contribution in [2.45, 2.75) is 12.2 Å². The molecule has 0 atom stereocenters. The number of sulfone groups is 1. The monoisotopic (exact) mass is 436 g/mol. The van der Waals surface area contributed by atoms with E-state index in [1.807, 2.05) is 30.3 Å². The van der Waals surface area contributed by atoms with Crippen molar-refractivity contribution in [3.05, 3.63) is 102 Å². The predicted molar refractivity (Wildman–Crippen MR) is 121 cm³/mol. The molecule has 0 bridgehead atoms. The summed E-state index contributed by atoms with van der Waals surface area (Å²) in [5, 5.41) is 5.42. The van der Waals surface area contributed by atoms with Crippen LogP contribution in [-0.4, -0.2) is 32.5 Å². The van der Waals surface area contributed by atoms with E-state index >= 15 is 0 Å². The van der Waals surface area contributed by atoms with Crippen LogP contribution in [0.25, 0.3) is 0 Å². The van der Waals surface area contributed by atoms with Crippen LogP contribution in [0.5, 0.6) is 0 Å². The largest absolute Gasteiger partial charge is 0.352 e. The topological polar surface area (TPSA) is 92.3 Å². The highest BCUT2D eigenvalue weighted by atomic mass is 32.2. The molecule has 6 nitrogen and oxygen atoms in total. The second-order valence-corrected chi connectivity index (χ2v) is 9.20. The van der Waals surface area contributed by atoms with Gasteiger partial charge in [-0.25, -0.2) is 8.42 Å². The van der Waals surface area contributed by atoms with Crippen molar-refractivity contribution in [3.63, 3.8) is 0 Å². The number of carbonyl (C=O) groups is 2. The first-order valence-electron chi connectivity index (χ1n) is 9.88. The van der Waals surface area contributed by atoms with Gasteiger partial charge in [0.25, 0.3) is 5.91 Å². The minimum atomic E-state index is -3.64. The fraction of sp³-hybridized carbons (Fsp3) is 0.167. The number of hydrogen-bond donors (Lipinski definition) is 2. The van der Waals surface area contributed by atoms with Gasteiger partial charge < -0.3 is 10.6 Å². The summed E-state index contributed by atoms with van der Waals surface area (Å²) >= 11 is 0. The number of carbonyl (C=O) groups excluding carboxylic acids is 2. The fourth-order valence-electron chi connectivity index (χ4n) is 3.04. The highest BCUT2D eigenvalue weighted by molar-refractivity contribution is 7.91. The van der Waals surface area contributed by atoms with Gasteiger partial charge in [0.05, 0.1) is 5.75 Å². The van der Waals surface area contributed by atoms with Crippen molar-refractivity contribution >= 4 is 27.3 Å². The predicted octanol–water partition coefficient (Wildman–Crippen LogP) is 3.21. The summed E-state index contributed by atoms with van der Waals surface area (Å²) in [6, 6.07) is 24.9. The van der Waals surface area contributed by atoms with Gasteiger partial charge in [-0.15, -0.1) is 0 Å². The maximum Gasteiger partial charge on any atom is 0.251 e. The number of rotatable bonds is 9. The summed E-state index contributed by atoms with van der Waals surface area (Å²) in [5.41, 5.74) is 2.66. The average Bonchev–Trinajstić information content (AvgIpc) is 2.75. The molecule has 0 saturated heterocycles. The first-order valence-corrected chi connectivity index (χ1v) is 11.7. The number of hydrogen-bond acceptors (Lipinski definition) is 4. The molecule has 31 heavy (non-hydrogen) atoms. The van der Waals surface area contributed by atoms with E-state index in [1.54, 1.807) is 54.6 Å². The number of nitrogens with one attached hydrogen (secondary N) is 2. The van der Waals surface area contributed by atoms with Crippen LogP contribution in [0.15, 0.2) is 84.9 Å². The van der Waals surface area contributed by atoms with Gasteiger partial charge in [0.15, 0.2) is 9.84 Å². The standard InChI is InChI=1S/C24H24N2O4S/c27-23(26-22-9-5-2-6-10-22)18-31(29,30)17-20-11-13-21(14-12-20)24(28)25-16-15-19-7-3-1-4-8-19/h1-14H,15-18H2,(H,25,28)(H,26,27). The van der Waals surface area contributed by atoms with E-state index in [-0.39, 0.29) is 11.7 Å². The normalized spacial score (nSPS) is 11.0. The van der Waals surface area contributed by atoms with Crippen molar-refractivity contribution in [1.29, 1.82) is 0 Å². The van der Waals surface area contributed by atoms with Crippen LogP contribution in [0, 0.1) is 0 Å². The van der Waals surface area contributed by atoms with Crippen LogP contribution in [0.4, 0.5) is 5.69 Å². The summed E-state index contributed by atoms with van der Waals surface area (Å²) in [5.74, 6) is -1.68. The lowest BCUT2D eigenvalue weighted by molar-refractivity contribution is -0.113. The molecular formula is C24H24N2O4S. The molecule has 0 aromatic heterocycles. The quantitative estimate of drug-likeness (QED) is 0.539. The Morgan fingerprint density at radius 2 is 1.35 bits per heavy atom. The zero-order valence-electron chi connectivity index (χ0n) is 17.0. The molecule has 0 heterocycles. The Balaban J connectivity index is 1.49. The first kappa shape index (κ1) is 22.2. The summed E-state index contributed by atoms with van der Waals surface area (Å²) < 4.78 is 24.7. The van der Waals surface area contributed by atoms with Gasteiger partial charge in [-0.1, -0.05) is 60.7 Å². The average molecular weight is 437 g/mol. The van der Waals surface area contributed by atoms with Crippen molar-refractivity contribution in [2.24, 2.45) is 0 Å². The number of benzene rings is 3. The maximum absolute atomic E-state index is 12.4. The molecule has 0 saturated carbocycles. The SMILES string of the molecule is O=C(CS(=O)(=O)Cc1ccc(C(=O)NCCc2ccccc2)cc1)Nc1ccccc1. The first-order chi connectivity index (χ1) is 14.9. The lowest BCUT2D eigenvalue weighted by Crippen LogP contribution is -2.25. The van der Waals surface area contributed by atoms with Gasteiger partial charge in [0, 0.05) is 17.8 Å². The van der Waals surface area contributed by atoms with E-state index in [9.17, 15) is 18.0 Å². The van der Waals surface area contributed by atoms with Gasteiger partial charge >= 0.3 is 0 Å². The third-order valence-electron chi connectivity index (χ3n) is 4.55. The zero-order chi connectivity index (χ0) is 22.1. The van der Waals surface area contributed by atoms with Crippen LogP contribution in [-0.2, 0) is 26.8 Å². The molecule has 0 aliphatic heterocycles. The molecule has 3 rings (SSSR count). The molecule has 0 unspecified atom stereocenters. The molecule has 3 aromatic carbocycles. The second kappa shape index (κ2) is 10.5. The van der Waals surface area contributed by atoms with Crippen LogP contribution in [0.3, 0.4) is 0 Å². The number of para-hydroxylation sites is 1. The van der Waals surface area contributed by atoms with Crippen LogP contribution in [0.1, 0.15) is 21.5 Å². The number of anilines is 1. The minimum absolute atomic E-state index is 0.215. The molecule has 0 spiro atoms. The van der Waals surface area contributed by atoms with Gasteiger partial charge in [0.2, 0.25) is 5.91 Å². The Kier molecular flexibility index (Phi) is 7.56. The molecule has 0 aliphatic rings. The van der Waals surface area contributed by atoms with Crippen LogP contribution in [0.2, 0.25) is 0 Å². The second-order valence-electron chi connectivity index (χ2n) is 7.13. The van der Waals surface area contributed by atoms with Gasteiger partial charge in [-0.2, -0.15) is 0 Å². The lowest BCUT2D eigenvalue weighted by Gasteiger charge is -2.08. The Bertz CT molecular complexity index is 1110. The molecule has 2 N–H and O–H groups in total. The van der Waals surface area contributed by atoms with Crippen LogP contribution < -0.4 is 10.6 Å². The Labute approximate surface area is 182 Å². The minimum Gasteiger partial charge on any atom is -0.352 e. The summed E-state index contributed by atoms with van der Waals surface area (Å²) in [7, 11) is -3.64. The molecule has 160 valence electrons. The Hall–Kier alpha value is -3.45. The molecule has 2 amide bonds. The van der Waals surface area contributed by atoms with Gasteiger partial charge in [0.1, 0.15) is 5.75 Å².